The Labute approximate surface area is 84.9 Å². The van der Waals surface area contributed by atoms with Gasteiger partial charge in [-0.25, -0.2) is 0 Å². The van der Waals surface area contributed by atoms with E-state index < -0.39 is 5.38 Å². The minimum atomic E-state index is -0.525. The van der Waals surface area contributed by atoms with Gasteiger partial charge in [-0.05, 0) is 24.6 Å². The van der Waals surface area contributed by atoms with Gasteiger partial charge in [0.05, 0.1) is 0 Å². The maximum Gasteiger partial charge on any atom is 0.152 e. The standard InChI is InChI=1S/C9H8BrClO/c1-6(12)9(11)7-3-2-4-8(10)5-7/h2-5,9H,1H3. The molecule has 0 fully saturated rings. The van der Waals surface area contributed by atoms with Gasteiger partial charge in [0, 0.05) is 4.47 Å². The molecule has 0 bridgehead atoms. The third kappa shape index (κ3) is 2.32. The summed E-state index contributed by atoms with van der Waals surface area (Å²) in [5, 5.41) is -0.525. The lowest BCUT2D eigenvalue weighted by atomic mass is 10.1. The Morgan fingerprint density at radius 1 is 1.58 bits per heavy atom. The lowest BCUT2D eigenvalue weighted by Gasteiger charge is -2.05. The minimum absolute atomic E-state index is 0.0326. The molecule has 64 valence electrons. The first-order valence-corrected chi connectivity index (χ1v) is 4.74. The molecule has 0 aliphatic rings. The second kappa shape index (κ2) is 4.06. The average Bonchev–Trinajstić information content (AvgIpc) is 2.03. The van der Waals surface area contributed by atoms with E-state index >= 15 is 0 Å². The van der Waals surface area contributed by atoms with Crippen LogP contribution in [0.1, 0.15) is 17.9 Å². The second-order valence-electron chi connectivity index (χ2n) is 2.53. The van der Waals surface area contributed by atoms with Crippen LogP contribution in [0.25, 0.3) is 0 Å². The fourth-order valence-electron chi connectivity index (χ4n) is 0.899. The fraction of sp³-hybridized carbons (Fsp3) is 0.222. The average molecular weight is 248 g/mol. The van der Waals surface area contributed by atoms with Crippen molar-refractivity contribution >= 4 is 33.3 Å². The van der Waals surface area contributed by atoms with Crippen LogP contribution in [-0.4, -0.2) is 5.78 Å². The number of carbonyl (C=O) groups is 1. The molecule has 1 aromatic carbocycles. The number of benzene rings is 1. The maximum absolute atomic E-state index is 10.9. The third-order valence-corrected chi connectivity index (χ3v) is 2.55. The first-order valence-electron chi connectivity index (χ1n) is 3.51. The van der Waals surface area contributed by atoms with Gasteiger partial charge < -0.3 is 0 Å². The normalized spacial score (nSPS) is 12.6. The van der Waals surface area contributed by atoms with Crippen LogP contribution in [0.15, 0.2) is 28.7 Å². The van der Waals surface area contributed by atoms with Crippen LogP contribution in [0, 0.1) is 0 Å². The SMILES string of the molecule is CC(=O)C(Cl)c1cccc(Br)c1. The number of Topliss-reactive ketones (excluding diaryl/α,β-unsaturated/α-hetero) is 1. The Morgan fingerprint density at radius 2 is 2.25 bits per heavy atom. The zero-order valence-electron chi connectivity index (χ0n) is 6.55. The molecule has 1 unspecified atom stereocenters. The molecule has 0 radical (unpaired) electrons. The fourth-order valence-corrected chi connectivity index (χ4v) is 1.45. The number of hydrogen-bond acceptors (Lipinski definition) is 1. The predicted molar refractivity (Wildman–Crippen MR) is 53.4 cm³/mol. The topological polar surface area (TPSA) is 17.1 Å². The van der Waals surface area contributed by atoms with Crippen molar-refractivity contribution in [3.8, 4) is 0 Å². The van der Waals surface area contributed by atoms with E-state index in [1.54, 1.807) is 0 Å². The molecule has 3 heteroatoms. The Bertz CT molecular complexity index is 298. The van der Waals surface area contributed by atoms with Crippen molar-refractivity contribution < 1.29 is 4.79 Å². The van der Waals surface area contributed by atoms with Crippen LogP contribution in [-0.2, 0) is 4.79 Å². The van der Waals surface area contributed by atoms with Crippen LogP contribution in [0.3, 0.4) is 0 Å². The molecule has 0 aliphatic carbocycles. The first kappa shape index (κ1) is 9.75. The zero-order valence-corrected chi connectivity index (χ0v) is 8.89. The summed E-state index contributed by atoms with van der Waals surface area (Å²) in [5.41, 5.74) is 0.832. The summed E-state index contributed by atoms with van der Waals surface area (Å²) >= 11 is 9.15. The molecule has 0 saturated carbocycles. The highest BCUT2D eigenvalue weighted by Gasteiger charge is 2.12. The number of ketones is 1. The van der Waals surface area contributed by atoms with Crippen LogP contribution in [0.2, 0.25) is 0 Å². The summed E-state index contributed by atoms with van der Waals surface area (Å²) in [7, 11) is 0. The number of rotatable bonds is 2. The van der Waals surface area contributed by atoms with E-state index in [2.05, 4.69) is 15.9 Å². The molecular formula is C9H8BrClO. The van der Waals surface area contributed by atoms with Crippen LogP contribution < -0.4 is 0 Å². The lowest BCUT2D eigenvalue weighted by molar-refractivity contribution is -0.116. The van der Waals surface area contributed by atoms with Crippen molar-refractivity contribution in [3.05, 3.63) is 34.3 Å². The van der Waals surface area contributed by atoms with Crippen molar-refractivity contribution in [2.45, 2.75) is 12.3 Å². The summed E-state index contributed by atoms with van der Waals surface area (Å²) in [6, 6.07) is 7.44. The van der Waals surface area contributed by atoms with Gasteiger partial charge in [0.25, 0.3) is 0 Å². The van der Waals surface area contributed by atoms with Crippen LogP contribution in [0.5, 0.6) is 0 Å². The maximum atomic E-state index is 10.9. The second-order valence-corrected chi connectivity index (χ2v) is 3.88. The van der Waals surface area contributed by atoms with E-state index in [-0.39, 0.29) is 5.78 Å². The smallest absolute Gasteiger partial charge is 0.152 e. The molecule has 0 spiro atoms. The summed E-state index contributed by atoms with van der Waals surface area (Å²) in [6.45, 7) is 1.48. The van der Waals surface area contributed by atoms with E-state index in [1.807, 2.05) is 24.3 Å². The van der Waals surface area contributed by atoms with Crippen molar-refractivity contribution in [1.29, 1.82) is 0 Å². The monoisotopic (exact) mass is 246 g/mol. The van der Waals surface area contributed by atoms with Crippen molar-refractivity contribution in [2.24, 2.45) is 0 Å². The molecule has 1 atom stereocenters. The number of carbonyl (C=O) groups excluding carboxylic acids is 1. The molecule has 0 heterocycles. The van der Waals surface area contributed by atoms with Gasteiger partial charge in [0.1, 0.15) is 5.38 Å². The largest absolute Gasteiger partial charge is 0.298 e. The summed E-state index contributed by atoms with van der Waals surface area (Å²) in [6.07, 6.45) is 0. The Hall–Kier alpha value is -0.340. The van der Waals surface area contributed by atoms with Gasteiger partial charge in [-0.15, -0.1) is 11.6 Å². The number of hydrogen-bond donors (Lipinski definition) is 0. The molecule has 1 aromatic rings. The molecule has 1 nitrogen and oxygen atoms in total. The highest BCUT2D eigenvalue weighted by Crippen LogP contribution is 2.23. The van der Waals surface area contributed by atoms with E-state index in [0.717, 1.165) is 10.0 Å². The third-order valence-electron chi connectivity index (χ3n) is 1.50. The molecule has 0 N–H and O–H groups in total. The number of alkyl halides is 1. The first-order chi connectivity index (χ1) is 5.61. The Balaban J connectivity index is 2.95. The van der Waals surface area contributed by atoms with E-state index in [0.29, 0.717) is 0 Å². The molecule has 0 amide bonds. The molecule has 0 aliphatic heterocycles. The van der Waals surface area contributed by atoms with Gasteiger partial charge in [-0.1, -0.05) is 28.1 Å². The summed E-state index contributed by atoms with van der Waals surface area (Å²) < 4.78 is 0.937. The zero-order chi connectivity index (χ0) is 9.14. The predicted octanol–water partition coefficient (Wildman–Crippen LogP) is 3.32. The number of halogens is 2. The Kier molecular flexibility index (Phi) is 3.29. The molecule has 1 rings (SSSR count). The molecule has 12 heavy (non-hydrogen) atoms. The van der Waals surface area contributed by atoms with Crippen LogP contribution in [0.4, 0.5) is 0 Å². The molecule has 0 saturated heterocycles. The van der Waals surface area contributed by atoms with Gasteiger partial charge in [0.2, 0.25) is 0 Å². The summed E-state index contributed by atoms with van der Waals surface area (Å²) in [5.74, 6) is -0.0326. The van der Waals surface area contributed by atoms with E-state index in [1.165, 1.54) is 6.92 Å². The molecular weight excluding hydrogens is 239 g/mol. The van der Waals surface area contributed by atoms with Crippen LogP contribution >= 0.6 is 27.5 Å². The van der Waals surface area contributed by atoms with Crippen molar-refractivity contribution in [2.75, 3.05) is 0 Å². The van der Waals surface area contributed by atoms with E-state index in [4.69, 9.17) is 11.6 Å². The summed E-state index contributed by atoms with van der Waals surface area (Å²) in [4.78, 5) is 10.9. The van der Waals surface area contributed by atoms with Gasteiger partial charge in [-0.3, -0.25) is 4.79 Å². The highest BCUT2D eigenvalue weighted by atomic mass is 79.9. The lowest BCUT2D eigenvalue weighted by Crippen LogP contribution is -2.00. The highest BCUT2D eigenvalue weighted by molar-refractivity contribution is 9.10. The quantitative estimate of drug-likeness (QED) is 0.733. The van der Waals surface area contributed by atoms with Crippen molar-refractivity contribution in [3.63, 3.8) is 0 Å². The van der Waals surface area contributed by atoms with E-state index in [9.17, 15) is 4.79 Å². The van der Waals surface area contributed by atoms with Gasteiger partial charge in [-0.2, -0.15) is 0 Å². The molecule has 0 aromatic heterocycles. The van der Waals surface area contributed by atoms with Crippen molar-refractivity contribution in [1.82, 2.24) is 0 Å². The van der Waals surface area contributed by atoms with Gasteiger partial charge >= 0.3 is 0 Å². The minimum Gasteiger partial charge on any atom is -0.298 e. The van der Waals surface area contributed by atoms with Gasteiger partial charge in [0.15, 0.2) is 5.78 Å². The Morgan fingerprint density at radius 3 is 2.75 bits per heavy atom.